The molecule has 1 aromatic carbocycles. The second kappa shape index (κ2) is 6.90. The molecule has 0 bridgehead atoms. The Morgan fingerprint density at radius 3 is 2.81 bits per heavy atom. The molecule has 1 saturated carbocycles. The van der Waals surface area contributed by atoms with Crippen molar-refractivity contribution >= 4 is 10.0 Å². The number of benzene rings is 1. The summed E-state index contributed by atoms with van der Waals surface area (Å²) in [6.07, 6.45) is 4.55. The Balaban J connectivity index is 2.13. The first-order valence-electron chi connectivity index (χ1n) is 7.72. The summed E-state index contributed by atoms with van der Waals surface area (Å²) < 4.78 is 27.8. The van der Waals surface area contributed by atoms with Crippen LogP contribution in [0.2, 0.25) is 0 Å². The first-order chi connectivity index (χ1) is 9.92. The second-order valence-electron chi connectivity index (χ2n) is 6.01. The number of aliphatic hydroxyl groups is 1. The molecule has 21 heavy (non-hydrogen) atoms. The third-order valence-corrected chi connectivity index (χ3v) is 5.85. The molecule has 5 heteroatoms. The van der Waals surface area contributed by atoms with E-state index < -0.39 is 16.1 Å². The van der Waals surface area contributed by atoms with Gasteiger partial charge < -0.3 is 5.11 Å². The fourth-order valence-electron chi connectivity index (χ4n) is 3.00. The van der Waals surface area contributed by atoms with Crippen molar-refractivity contribution in [3.63, 3.8) is 0 Å². The van der Waals surface area contributed by atoms with Gasteiger partial charge in [0.25, 0.3) is 0 Å². The van der Waals surface area contributed by atoms with E-state index in [1.807, 2.05) is 0 Å². The van der Waals surface area contributed by atoms with E-state index in [0.29, 0.717) is 11.5 Å². The molecule has 1 aliphatic carbocycles. The highest BCUT2D eigenvalue weighted by atomic mass is 32.2. The van der Waals surface area contributed by atoms with Crippen LogP contribution in [0.4, 0.5) is 0 Å². The summed E-state index contributed by atoms with van der Waals surface area (Å²) in [4.78, 5) is 0.236. The normalized spacial score (nSPS) is 24.7. The van der Waals surface area contributed by atoms with Gasteiger partial charge in [-0.2, -0.15) is 0 Å². The lowest BCUT2D eigenvalue weighted by atomic mass is 9.85. The number of rotatable bonds is 5. The van der Waals surface area contributed by atoms with Gasteiger partial charge in [0.2, 0.25) is 10.0 Å². The highest BCUT2D eigenvalue weighted by molar-refractivity contribution is 7.89. The Hall–Kier alpha value is -0.910. The van der Waals surface area contributed by atoms with Crippen molar-refractivity contribution in [1.29, 1.82) is 0 Å². The number of nitrogens with one attached hydrogen (secondary N) is 1. The lowest BCUT2D eigenvalue weighted by molar-refractivity contribution is 0.199. The molecule has 3 atom stereocenters. The number of hydrogen-bond donors (Lipinski definition) is 2. The molecule has 118 valence electrons. The van der Waals surface area contributed by atoms with Gasteiger partial charge in [0.1, 0.15) is 0 Å². The van der Waals surface area contributed by atoms with E-state index in [4.69, 9.17) is 0 Å². The van der Waals surface area contributed by atoms with Crippen LogP contribution in [0.5, 0.6) is 0 Å². The summed E-state index contributed by atoms with van der Waals surface area (Å²) >= 11 is 0. The summed E-state index contributed by atoms with van der Waals surface area (Å²) in [6, 6.07) is 6.56. The predicted molar refractivity (Wildman–Crippen MR) is 83.4 cm³/mol. The summed E-state index contributed by atoms with van der Waals surface area (Å²) in [5, 5.41) is 9.59. The Morgan fingerprint density at radius 2 is 2.14 bits per heavy atom. The molecule has 0 saturated heterocycles. The zero-order chi connectivity index (χ0) is 15.5. The summed E-state index contributed by atoms with van der Waals surface area (Å²) in [5.41, 5.74) is 0.618. The number of aliphatic hydroxyl groups excluding tert-OH is 1. The molecule has 4 nitrogen and oxygen atoms in total. The van der Waals surface area contributed by atoms with E-state index in [1.54, 1.807) is 31.2 Å². The van der Waals surface area contributed by atoms with E-state index in [2.05, 4.69) is 11.6 Å². The van der Waals surface area contributed by atoms with Gasteiger partial charge in [-0.3, -0.25) is 0 Å². The number of hydrogen-bond acceptors (Lipinski definition) is 3. The standard InChI is InChI=1S/C16H25NO3S/c1-3-13-6-4-8-15(10-13)17-21(19,20)16-9-5-7-14(11-16)12(2)18/h5,7,9,11-13,15,17-18H,3-4,6,8,10H2,1-2H3. The molecule has 1 fully saturated rings. The molecule has 0 aromatic heterocycles. The van der Waals surface area contributed by atoms with Crippen LogP contribution in [0, 0.1) is 5.92 Å². The van der Waals surface area contributed by atoms with Gasteiger partial charge in [0, 0.05) is 6.04 Å². The van der Waals surface area contributed by atoms with E-state index in [1.165, 1.54) is 6.42 Å². The highest BCUT2D eigenvalue weighted by Gasteiger charge is 2.25. The Bertz CT molecular complexity index is 569. The van der Waals surface area contributed by atoms with Crippen molar-refractivity contribution in [3.05, 3.63) is 29.8 Å². The lowest BCUT2D eigenvalue weighted by Gasteiger charge is -2.28. The van der Waals surface area contributed by atoms with Crippen LogP contribution >= 0.6 is 0 Å². The topological polar surface area (TPSA) is 66.4 Å². The predicted octanol–water partition coefficient (Wildman–Crippen LogP) is 2.99. The van der Waals surface area contributed by atoms with Crippen LogP contribution in [0.3, 0.4) is 0 Å². The van der Waals surface area contributed by atoms with E-state index in [-0.39, 0.29) is 10.9 Å². The first kappa shape index (κ1) is 16.5. The largest absolute Gasteiger partial charge is 0.389 e. The molecule has 2 N–H and O–H groups in total. The van der Waals surface area contributed by atoms with Crippen molar-refractivity contribution in [1.82, 2.24) is 4.72 Å². The van der Waals surface area contributed by atoms with Crippen molar-refractivity contribution in [3.8, 4) is 0 Å². The van der Waals surface area contributed by atoms with Gasteiger partial charge in [0.15, 0.2) is 0 Å². The molecule has 0 aliphatic heterocycles. The second-order valence-corrected chi connectivity index (χ2v) is 7.72. The van der Waals surface area contributed by atoms with Crippen molar-refractivity contribution in [2.75, 3.05) is 0 Å². The van der Waals surface area contributed by atoms with Gasteiger partial charge in [-0.15, -0.1) is 0 Å². The fourth-order valence-corrected chi connectivity index (χ4v) is 4.34. The van der Waals surface area contributed by atoms with E-state index >= 15 is 0 Å². The van der Waals surface area contributed by atoms with Crippen LogP contribution in [0.25, 0.3) is 0 Å². The molecule has 2 rings (SSSR count). The maximum Gasteiger partial charge on any atom is 0.240 e. The van der Waals surface area contributed by atoms with Crippen molar-refractivity contribution in [2.24, 2.45) is 5.92 Å². The maximum atomic E-state index is 12.5. The highest BCUT2D eigenvalue weighted by Crippen LogP contribution is 2.27. The monoisotopic (exact) mass is 311 g/mol. The Morgan fingerprint density at radius 1 is 1.38 bits per heavy atom. The zero-order valence-corrected chi connectivity index (χ0v) is 13.6. The summed E-state index contributed by atoms with van der Waals surface area (Å²) in [6.45, 7) is 3.79. The van der Waals surface area contributed by atoms with Crippen molar-refractivity contribution < 1.29 is 13.5 Å². The fraction of sp³-hybridized carbons (Fsp3) is 0.625. The third kappa shape index (κ3) is 4.28. The quantitative estimate of drug-likeness (QED) is 0.878. The zero-order valence-electron chi connectivity index (χ0n) is 12.7. The van der Waals surface area contributed by atoms with Gasteiger partial charge in [-0.05, 0) is 43.4 Å². The summed E-state index contributed by atoms with van der Waals surface area (Å²) in [5.74, 6) is 0.621. The van der Waals surface area contributed by atoms with Crippen LogP contribution in [-0.2, 0) is 10.0 Å². The minimum absolute atomic E-state index is 0.0314. The van der Waals surface area contributed by atoms with Crippen molar-refractivity contribution in [2.45, 2.75) is 63.0 Å². The molecule has 0 spiro atoms. The van der Waals surface area contributed by atoms with Crippen LogP contribution < -0.4 is 4.72 Å². The molecule has 1 aliphatic rings. The lowest BCUT2D eigenvalue weighted by Crippen LogP contribution is -2.38. The molecule has 0 heterocycles. The molecule has 1 aromatic rings. The van der Waals surface area contributed by atoms with Crippen LogP contribution in [-0.4, -0.2) is 19.6 Å². The maximum absolute atomic E-state index is 12.5. The molecular weight excluding hydrogens is 286 g/mol. The van der Waals surface area contributed by atoms with E-state index in [9.17, 15) is 13.5 Å². The number of sulfonamides is 1. The first-order valence-corrected chi connectivity index (χ1v) is 9.21. The van der Waals surface area contributed by atoms with Gasteiger partial charge in [0.05, 0.1) is 11.0 Å². The minimum Gasteiger partial charge on any atom is -0.389 e. The van der Waals surface area contributed by atoms with Crippen LogP contribution in [0.15, 0.2) is 29.2 Å². The smallest absolute Gasteiger partial charge is 0.240 e. The van der Waals surface area contributed by atoms with Gasteiger partial charge in [-0.1, -0.05) is 38.3 Å². The van der Waals surface area contributed by atoms with E-state index in [0.717, 1.165) is 25.7 Å². The average molecular weight is 311 g/mol. The molecule has 0 radical (unpaired) electrons. The molecular formula is C16H25NO3S. The van der Waals surface area contributed by atoms with Gasteiger partial charge >= 0.3 is 0 Å². The minimum atomic E-state index is -3.51. The molecule has 0 amide bonds. The third-order valence-electron chi connectivity index (χ3n) is 4.33. The molecule has 3 unspecified atom stereocenters. The summed E-state index contributed by atoms with van der Waals surface area (Å²) in [7, 11) is -3.51. The average Bonchev–Trinajstić information content (AvgIpc) is 2.47. The Kier molecular flexibility index (Phi) is 5.41. The SMILES string of the molecule is CCC1CCCC(NS(=O)(=O)c2cccc(C(C)O)c2)C1. The Labute approximate surface area is 127 Å². The van der Waals surface area contributed by atoms with Crippen LogP contribution in [0.1, 0.15) is 57.6 Å². The van der Waals surface area contributed by atoms with Gasteiger partial charge in [-0.25, -0.2) is 13.1 Å².